The summed E-state index contributed by atoms with van der Waals surface area (Å²) in [4.78, 5) is 4.25. The van der Waals surface area contributed by atoms with Crippen LogP contribution in [0, 0.1) is 5.82 Å². The molecule has 0 amide bonds. The van der Waals surface area contributed by atoms with Gasteiger partial charge in [-0.1, -0.05) is 6.07 Å². The number of hydrogen-bond donors (Lipinski definition) is 2. The maximum absolute atomic E-state index is 13.4. The fraction of sp³-hybridized carbons (Fsp3) is 0.471. The summed E-state index contributed by atoms with van der Waals surface area (Å²) in [5.41, 5.74) is 2.08. The van der Waals surface area contributed by atoms with Gasteiger partial charge in [-0.2, -0.15) is 11.8 Å². The summed E-state index contributed by atoms with van der Waals surface area (Å²) in [7, 11) is 1.73. The number of benzene rings is 1. The molecule has 2 N–H and O–H groups in total. The molecule has 2 heterocycles. The molecule has 6 nitrogen and oxygen atoms in total. The highest BCUT2D eigenvalue weighted by atomic mass is 32.2. The molecule has 3 rings (SSSR count). The van der Waals surface area contributed by atoms with Gasteiger partial charge in [-0.25, -0.2) is 4.39 Å². The summed E-state index contributed by atoms with van der Waals surface area (Å²) in [6.45, 7) is 2.15. The van der Waals surface area contributed by atoms with Gasteiger partial charge in [0, 0.05) is 32.3 Å². The molecule has 1 aliphatic rings. The summed E-state index contributed by atoms with van der Waals surface area (Å²) in [6.07, 6.45) is 4.15. The van der Waals surface area contributed by atoms with Gasteiger partial charge >= 0.3 is 0 Å². The van der Waals surface area contributed by atoms with E-state index in [1.54, 1.807) is 24.9 Å². The Morgan fingerprint density at radius 2 is 2.12 bits per heavy atom. The van der Waals surface area contributed by atoms with E-state index in [1.807, 2.05) is 12.3 Å². The van der Waals surface area contributed by atoms with E-state index in [9.17, 15) is 4.39 Å². The zero-order chi connectivity index (χ0) is 17.6. The molecular weight excluding hydrogens is 339 g/mol. The molecule has 1 aromatic carbocycles. The van der Waals surface area contributed by atoms with Crippen molar-refractivity contribution in [3.8, 4) is 0 Å². The van der Waals surface area contributed by atoms with Crippen LogP contribution in [0.3, 0.4) is 0 Å². The van der Waals surface area contributed by atoms with E-state index in [-0.39, 0.29) is 5.82 Å². The van der Waals surface area contributed by atoms with Crippen molar-refractivity contribution in [1.82, 2.24) is 25.4 Å². The zero-order valence-corrected chi connectivity index (χ0v) is 15.4. The highest BCUT2D eigenvalue weighted by molar-refractivity contribution is 7.97. The van der Waals surface area contributed by atoms with Crippen molar-refractivity contribution in [2.75, 3.05) is 13.3 Å². The van der Waals surface area contributed by atoms with Crippen LogP contribution in [0.2, 0.25) is 0 Å². The maximum Gasteiger partial charge on any atom is 0.191 e. The highest BCUT2D eigenvalue weighted by Crippen LogP contribution is 2.17. The Kier molecular flexibility index (Phi) is 5.91. The van der Waals surface area contributed by atoms with E-state index in [1.165, 1.54) is 6.07 Å². The number of nitrogens with one attached hydrogen (secondary N) is 2. The van der Waals surface area contributed by atoms with Gasteiger partial charge in [-0.05, 0) is 35.9 Å². The van der Waals surface area contributed by atoms with E-state index in [0.29, 0.717) is 19.0 Å². The van der Waals surface area contributed by atoms with Gasteiger partial charge in [0.15, 0.2) is 11.8 Å². The van der Waals surface area contributed by atoms with Crippen molar-refractivity contribution < 1.29 is 4.39 Å². The lowest BCUT2D eigenvalue weighted by atomic mass is 10.1. The van der Waals surface area contributed by atoms with Gasteiger partial charge < -0.3 is 15.2 Å². The standard InChI is InChI=1S/C17H23FN6S/c1-19-17(21-10-16-23-22-15-4-3-7-24(15)16)20-9-12-5-6-14(18)8-13(12)11-25-2/h5-6,8H,3-4,7,9-11H2,1-2H3,(H2,19,20,21). The Bertz CT molecular complexity index is 758. The normalized spacial score (nSPS) is 13.8. The second kappa shape index (κ2) is 8.33. The van der Waals surface area contributed by atoms with Crippen LogP contribution in [-0.4, -0.2) is 34.0 Å². The number of fused-ring (bicyclic) bond motifs is 1. The molecule has 0 bridgehead atoms. The first kappa shape index (κ1) is 17.7. The number of nitrogens with zero attached hydrogens (tertiary/aromatic N) is 4. The first-order valence-electron chi connectivity index (χ1n) is 8.33. The lowest BCUT2D eigenvalue weighted by molar-refractivity contribution is 0.624. The van der Waals surface area contributed by atoms with Crippen molar-refractivity contribution in [3.05, 3.63) is 46.8 Å². The number of thioether (sulfide) groups is 1. The fourth-order valence-electron chi connectivity index (χ4n) is 2.96. The molecule has 0 saturated carbocycles. The molecule has 0 atom stereocenters. The fourth-order valence-corrected chi connectivity index (χ4v) is 3.54. The largest absolute Gasteiger partial charge is 0.352 e. The molecule has 1 aliphatic heterocycles. The van der Waals surface area contributed by atoms with Crippen molar-refractivity contribution in [3.63, 3.8) is 0 Å². The van der Waals surface area contributed by atoms with Crippen molar-refractivity contribution >= 4 is 17.7 Å². The smallest absolute Gasteiger partial charge is 0.191 e. The third-order valence-electron chi connectivity index (χ3n) is 4.24. The monoisotopic (exact) mass is 362 g/mol. The Balaban J connectivity index is 1.58. The van der Waals surface area contributed by atoms with Gasteiger partial charge in [-0.3, -0.25) is 4.99 Å². The molecule has 1 aromatic heterocycles. The molecule has 0 spiro atoms. The van der Waals surface area contributed by atoms with Crippen LogP contribution in [-0.2, 0) is 31.8 Å². The maximum atomic E-state index is 13.4. The van der Waals surface area contributed by atoms with E-state index < -0.39 is 0 Å². The Labute approximate surface area is 151 Å². The first-order chi connectivity index (χ1) is 12.2. The number of hydrogen-bond acceptors (Lipinski definition) is 4. The number of guanidine groups is 1. The van der Waals surface area contributed by atoms with Crippen LogP contribution in [0.25, 0.3) is 0 Å². The third kappa shape index (κ3) is 4.31. The van der Waals surface area contributed by atoms with E-state index >= 15 is 0 Å². The summed E-state index contributed by atoms with van der Waals surface area (Å²) >= 11 is 1.68. The molecule has 8 heteroatoms. The van der Waals surface area contributed by atoms with Crippen LogP contribution in [0.1, 0.15) is 29.2 Å². The zero-order valence-electron chi connectivity index (χ0n) is 14.5. The van der Waals surface area contributed by atoms with Crippen molar-refractivity contribution in [2.24, 2.45) is 4.99 Å². The minimum atomic E-state index is -0.198. The molecule has 0 fully saturated rings. The molecular formula is C17H23FN6S. The molecule has 134 valence electrons. The Morgan fingerprint density at radius 3 is 2.92 bits per heavy atom. The van der Waals surface area contributed by atoms with E-state index in [2.05, 4.69) is 30.4 Å². The molecule has 0 radical (unpaired) electrons. The second-order valence-electron chi connectivity index (χ2n) is 5.91. The Hall–Kier alpha value is -2.09. The average molecular weight is 362 g/mol. The van der Waals surface area contributed by atoms with Crippen molar-refractivity contribution in [2.45, 2.75) is 38.2 Å². The van der Waals surface area contributed by atoms with Crippen LogP contribution in [0.5, 0.6) is 0 Å². The molecule has 0 aliphatic carbocycles. The number of rotatable bonds is 6. The lowest BCUT2D eigenvalue weighted by Crippen LogP contribution is -2.37. The topological polar surface area (TPSA) is 67.1 Å². The number of halogens is 1. The second-order valence-corrected chi connectivity index (χ2v) is 6.78. The van der Waals surface area contributed by atoms with Crippen molar-refractivity contribution in [1.29, 1.82) is 0 Å². The minimum absolute atomic E-state index is 0.198. The minimum Gasteiger partial charge on any atom is -0.352 e. The average Bonchev–Trinajstić information content (AvgIpc) is 3.21. The van der Waals surface area contributed by atoms with Gasteiger partial charge in [-0.15, -0.1) is 10.2 Å². The third-order valence-corrected chi connectivity index (χ3v) is 4.84. The molecule has 25 heavy (non-hydrogen) atoms. The summed E-state index contributed by atoms with van der Waals surface area (Å²) < 4.78 is 15.6. The predicted octanol–water partition coefficient (Wildman–Crippen LogP) is 2.09. The summed E-state index contributed by atoms with van der Waals surface area (Å²) in [6, 6.07) is 4.92. The van der Waals surface area contributed by atoms with Crippen LogP contribution >= 0.6 is 11.8 Å². The number of aryl methyl sites for hydroxylation is 1. The van der Waals surface area contributed by atoms with Gasteiger partial charge in [0.05, 0.1) is 6.54 Å². The van der Waals surface area contributed by atoms with Crippen LogP contribution in [0.15, 0.2) is 23.2 Å². The molecule has 0 saturated heterocycles. The first-order valence-corrected chi connectivity index (χ1v) is 9.72. The van der Waals surface area contributed by atoms with Gasteiger partial charge in [0.1, 0.15) is 11.6 Å². The Morgan fingerprint density at radius 1 is 1.28 bits per heavy atom. The van der Waals surface area contributed by atoms with Gasteiger partial charge in [0.2, 0.25) is 0 Å². The van der Waals surface area contributed by atoms with Gasteiger partial charge in [0.25, 0.3) is 0 Å². The van der Waals surface area contributed by atoms with Crippen LogP contribution in [0.4, 0.5) is 4.39 Å². The number of aromatic nitrogens is 3. The van der Waals surface area contributed by atoms with Crippen LogP contribution < -0.4 is 10.6 Å². The van der Waals surface area contributed by atoms with E-state index in [0.717, 1.165) is 47.9 Å². The SMILES string of the molecule is CN=C(NCc1ccc(F)cc1CSC)NCc1nnc2n1CCC2. The lowest BCUT2D eigenvalue weighted by Gasteiger charge is -2.14. The summed E-state index contributed by atoms with van der Waals surface area (Å²) in [5.74, 6) is 3.27. The molecule has 0 unspecified atom stereocenters. The quantitative estimate of drug-likeness (QED) is 0.608. The molecule has 2 aromatic rings. The summed E-state index contributed by atoms with van der Waals surface area (Å²) in [5, 5.41) is 15.0. The van der Waals surface area contributed by atoms with E-state index in [4.69, 9.17) is 0 Å². The highest BCUT2D eigenvalue weighted by Gasteiger charge is 2.17. The number of aliphatic imine (C=N–C) groups is 1. The predicted molar refractivity (Wildman–Crippen MR) is 99.0 cm³/mol.